The van der Waals surface area contributed by atoms with Gasteiger partial charge in [-0.25, -0.2) is 4.79 Å². The number of carbonyl (C=O) groups excluding carboxylic acids is 1. The van der Waals surface area contributed by atoms with Crippen molar-refractivity contribution in [2.45, 2.75) is 38.9 Å². The molecule has 0 amide bonds. The molecule has 2 atom stereocenters. The molecule has 0 spiro atoms. The van der Waals surface area contributed by atoms with Gasteiger partial charge in [-0.15, -0.1) is 0 Å². The molecule has 2 rings (SSSR count). The zero-order valence-electron chi connectivity index (χ0n) is 10.9. The van der Waals surface area contributed by atoms with Crippen molar-refractivity contribution in [2.75, 3.05) is 0 Å². The molecule has 2 unspecified atom stereocenters. The highest BCUT2D eigenvalue weighted by molar-refractivity contribution is 5.91. The average molecular weight is 246 g/mol. The van der Waals surface area contributed by atoms with Crippen LogP contribution in [0.2, 0.25) is 0 Å². The van der Waals surface area contributed by atoms with Crippen LogP contribution in [-0.2, 0) is 9.53 Å². The van der Waals surface area contributed by atoms with Crippen LogP contribution in [0, 0.1) is 0 Å². The van der Waals surface area contributed by atoms with Crippen LogP contribution in [0.15, 0.2) is 41.5 Å². The van der Waals surface area contributed by atoms with Crippen molar-refractivity contribution in [1.82, 2.24) is 0 Å². The Kier molecular flexibility index (Phi) is 3.26. The van der Waals surface area contributed by atoms with Crippen LogP contribution in [0.3, 0.4) is 0 Å². The highest BCUT2D eigenvalue weighted by Gasteiger charge is 2.43. The summed E-state index contributed by atoms with van der Waals surface area (Å²) in [6, 6.07) is 9.90. The van der Waals surface area contributed by atoms with Gasteiger partial charge < -0.3 is 9.84 Å². The Morgan fingerprint density at radius 3 is 2.39 bits per heavy atom. The van der Waals surface area contributed by atoms with Gasteiger partial charge >= 0.3 is 5.97 Å². The first kappa shape index (κ1) is 12.8. The van der Waals surface area contributed by atoms with Crippen molar-refractivity contribution < 1.29 is 14.6 Å². The largest absolute Gasteiger partial charge is 0.426 e. The zero-order chi connectivity index (χ0) is 13.3. The smallest absolute Gasteiger partial charge is 0.336 e. The van der Waals surface area contributed by atoms with Crippen LogP contribution in [0.25, 0.3) is 0 Å². The minimum Gasteiger partial charge on any atom is -0.426 e. The van der Waals surface area contributed by atoms with E-state index in [0.29, 0.717) is 17.6 Å². The molecule has 1 N–H and O–H groups in total. The van der Waals surface area contributed by atoms with Crippen molar-refractivity contribution in [3.05, 3.63) is 47.0 Å². The van der Waals surface area contributed by atoms with E-state index in [9.17, 15) is 9.90 Å². The molecule has 0 aliphatic carbocycles. The van der Waals surface area contributed by atoms with Crippen molar-refractivity contribution in [3.8, 4) is 0 Å². The van der Waals surface area contributed by atoms with Gasteiger partial charge in [0.05, 0.1) is 0 Å². The SMILES string of the molecule is CC1=C(C)C(O)(CC(C)c2ccccc2)OC1=O. The van der Waals surface area contributed by atoms with Crippen molar-refractivity contribution in [1.29, 1.82) is 0 Å². The summed E-state index contributed by atoms with van der Waals surface area (Å²) in [7, 11) is 0. The molecule has 1 aliphatic rings. The maximum absolute atomic E-state index is 11.5. The van der Waals surface area contributed by atoms with Gasteiger partial charge in [-0.05, 0) is 25.3 Å². The molecular formula is C15H18O3. The van der Waals surface area contributed by atoms with Crippen molar-refractivity contribution in [3.63, 3.8) is 0 Å². The third-order valence-electron chi connectivity index (χ3n) is 3.67. The molecule has 3 nitrogen and oxygen atoms in total. The standard InChI is InChI=1S/C15H18O3/c1-10(13-7-5-4-6-8-13)9-15(17)12(3)11(2)14(16)18-15/h4-8,10,17H,9H2,1-3H3. The number of aliphatic hydroxyl groups is 1. The van der Waals surface area contributed by atoms with Crippen LogP contribution in [0.5, 0.6) is 0 Å². The van der Waals surface area contributed by atoms with Crippen LogP contribution in [-0.4, -0.2) is 16.9 Å². The molecule has 1 aliphatic heterocycles. The van der Waals surface area contributed by atoms with E-state index in [1.807, 2.05) is 37.3 Å². The number of hydrogen-bond acceptors (Lipinski definition) is 3. The second kappa shape index (κ2) is 4.58. The number of hydrogen-bond donors (Lipinski definition) is 1. The Hall–Kier alpha value is -1.61. The third kappa shape index (κ3) is 2.18. The summed E-state index contributed by atoms with van der Waals surface area (Å²) >= 11 is 0. The van der Waals surface area contributed by atoms with E-state index in [1.54, 1.807) is 13.8 Å². The molecule has 0 bridgehead atoms. The van der Waals surface area contributed by atoms with E-state index < -0.39 is 11.8 Å². The lowest BCUT2D eigenvalue weighted by Crippen LogP contribution is -2.32. The molecule has 1 aromatic rings. The molecule has 0 fully saturated rings. The second-order valence-corrected chi connectivity index (χ2v) is 4.94. The van der Waals surface area contributed by atoms with E-state index in [2.05, 4.69) is 0 Å². The van der Waals surface area contributed by atoms with Crippen LogP contribution in [0.4, 0.5) is 0 Å². The summed E-state index contributed by atoms with van der Waals surface area (Å²) in [5, 5.41) is 10.4. The number of rotatable bonds is 3. The fraction of sp³-hybridized carbons (Fsp3) is 0.400. The van der Waals surface area contributed by atoms with E-state index >= 15 is 0 Å². The Bertz CT molecular complexity index is 490. The molecule has 0 saturated heterocycles. The van der Waals surface area contributed by atoms with Gasteiger partial charge in [0.25, 0.3) is 0 Å². The second-order valence-electron chi connectivity index (χ2n) is 4.94. The molecule has 0 radical (unpaired) electrons. The van der Waals surface area contributed by atoms with Gasteiger partial charge in [0.2, 0.25) is 5.79 Å². The van der Waals surface area contributed by atoms with Crippen LogP contribution >= 0.6 is 0 Å². The van der Waals surface area contributed by atoms with Gasteiger partial charge in [0, 0.05) is 17.6 Å². The minimum atomic E-state index is -1.45. The summed E-state index contributed by atoms with van der Waals surface area (Å²) in [4.78, 5) is 11.5. The number of benzene rings is 1. The lowest BCUT2D eigenvalue weighted by Gasteiger charge is -2.26. The van der Waals surface area contributed by atoms with E-state index in [1.165, 1.54) is 0 Å². The minimum absolute atomic E-state index is 0.116. The zero-order valence-corrected chi connectivity index (χ0v) is 10.9. The first-order valence-corrected chi connectivity index (χ1v) is 6.12. The highest BCUT2D eigenvalue weighted by atomic mass is 16.7. The Labute approximate surface area is 107 Å². The van der Waals surface area contributed by atoms with Crippen molar-refractivity contribution in [2.24, 2.45) is 0 Å². The summed E-state index contributed by atoms with van der Waals surface area (Å²) in [6.45, 7) is 5.45. The first-order valence-electron chi connectivity index (χ1n) is 6.12. The maximum atomic E-state index is 11.5. The van der Waals surface area contributed by atoms with Gasteiger partial charge in [-0.1, -0.05) is 37.3 Å². The lowest BCUT2D eigenvalue weighted by atomic mass is 9.90. The average Bonchev–Trinajstić information content (AvgIpc) is 2.54. The molecule has 18 heavy (non-hydrogen) atoms. The van der Waals surface area contributed by atoms with Gasteiger partial charge in [0.1, 0.15) is 0 Å². The molecule has 3 heteroatoms. The van der Waals surface area contributed by atoms with Gasteiger partial charge in [-0.2, -0.15) is 0 Å². The molecule has 0 aromatic heterocycles. The maximum Gasteiger partial charge on any atom is 0.336 e. The summed E-state index contributed by atoms with van der Waals surface area (Å²) in [5.41, 5.74) is 2.26. The summed E-state index contributed by atoms with van der Waals surface area (Å²) in [5.74, 6) is -1.75. The quantitative estimate of drug-likeness (QED) is 0.834. The highest BCUT2D eigenvalue weighted by Crippen LogP contribution is 2.37. The van der Waals surface area contributed by atoms with Gasteiger partial charge in [0.15, 0.2) is 0 Å². The van der Waals surface area contributed by atoms with Crippen LogP contribution in [0.1, 0.15) is 38.7 Å². The number of carbonyl (C=O) groups is 1. The topological polar surface area (TPSA) is 46.5 Å². The molecular weight excluding hydrogens is 228 g/mol. The summed E-state index contributed by atoms with van der Waals surface area (Å²) in [6.07, 6.45) is 0.381. The predicted octanol–water partition coefficient (Wildman–Crippen LogP) is 2.76. The number of esters is 1. The van der Waals surface area contributed by atoms with Crippen LogP contribution < -0.4 is 0 Å². The first-order chi connectivity index (χ1) is 8.44. The Morgan fingerprint density at radius 2 is 1.89 bits per heavy atom. The third-order valence-corrected chi connectivity index (χ3v) is 3.67. The molecule has 1 heterocycles. The molecule has 0 saturated carbocycles. The van der Waals surface area contributed by atoms with E-state index in [-0.39, 0.29) is 5.92 Å². The molecule has 1 aromatic carbocycles. The normalized spacial score (nSPS) is 25.2. The van der Waals surface area contributed by atoms with E-state index in [4.69, 9.17) is 4.74 Å². The van der Waals surface area contributed by atoms with Crippen molar-refractivity contribution >= 4 is 5.97 Å². The predicted molar refractivity (Wildman–Crippen MR) is 68.9 cm³/mol. The lowest BCUT2D eigenvalue weighted by molar-refractivity contribution is -0.184. The fourth-order valence-electron chi connectivity index (χ4n) is 2.26. The Morgan fingerprint density at radius 1 is 1.28 bits per heavy atom. The molecule has 96 valence electrons. The monoisotopic (exact) mass is 246 g/mol. The summed E-state index contributed by atoms with van der Waals surface area (Å²) < 4.78 is 5.11. The van der Waals surface area contributed by atoms with E-state index in [0.717, 1.165) is 5.56 Å². The van der Waals surface area contributed by atoms with Gasteiger partial charge in [-0.3, -0.25) is 0 Å². The Balaban J connectivity index is 2.18. The fourth-order valence-corrected chi connectivity index (χ4v) is 2.26. The number of cyclic esters (lactones) is 1. The number of ether oxygens (including phenoxy) is 1.